The van der Waals surface area contributed by atoms with Crippen molar-refractivity contribution in [3.05, 3.63) is 64.7 Å². The summed E-state index contributed by atoms with van der Waals surface area (Å²) < 4.78 is 5.89. The zero-order chi connectivity index (χ0) is 15.2. The maximum absolute atomic E-state index is 6.07. The molecule has 2 aromatic carbocycles. The Morgan fingerprint density at radius 1 is 1.00 bits per heavy atom. The summed E-state index contributed by atoms with van der Waals surface area (Å²) in [6, 6.07) is 15.6. The molecule has 2 aromatic rings. The van der Waals surface area contributed by atoms with Crippen molar-refractivity contribution in [1.29, 1.82) is 0 Å². The van der Waals surface area contributed by atoms with Crippen LogP contribution in [0.4, 0.5) is 0 Å². The Morgan fingerprint density at radius 3 is 2.55 bits per heavy atom. The van der Waals surface area contributed by atoms with E-state index in [4.69, 9.17) is 16.3 Å². The zero-order valence-corrected chi connectivity index (χ0v) is 12.5. The fraction of sp³-hybridized carbons (Fsp3) is 0.133. The van der Waals surface area contributed by atoms with Crippen LogP contribution in [0.1, 0.15) is 11.1 Å². The Hall–Kier alpha value is -2.28. The molecule has 0 aliphatic carbocycles. The number of halogens is 1. The lowest BCUT2D eigenvalue weighted by Crippen LogP contribution is -2.33. The number of nitrogens with one attached hydrogen (secondary N) is 4. The van der Waals surface area contributed by atoms with Gasteiger partial charge in [-0.15, -0.1) is 0 Å². The van der Waals surface area contributed by atoms with Gasteiger partial charge in [0.25, 0.3) is 0 Å². The Labute approximate surface area is 133 Å². The van der Waals surface area contributed by atoms with Crippen LogP contribution in [0.25, 0.3) is 0 Å². The third-order valence-corrected chi connectivity index (χ3v) is 3.33. The summed E-state index contributed by atoms with van der Waals surface area (Å²) >= 11 is 6.07. The number of hydrogen-bond donors (Lipinski definition) is 4. The average molecular weight is 318 g/mol. The average Bonchev–Trinajstić information content (AvgIpc) is 3.06. The molecule has 7 heteroatoms. The molecule has 3 rings (SSSR count). The van der Waals surface area contributed by atoms with Gasteiger partial charge in [-0.05, 0) is 23.8 Å². The molecule has 0 radical (unpaired) electrons. The molecule has 22 heavy (non-hydrogen) atoms. The first-order valence-electron chi connectivity index (χ1n) is 6.83. The van der Waals surface area contributed by atoms with Gasteiger partial charge in [0.05, 0.1) is 6.54 Å². The number of hydrazine groups is 3. The van der Waals surface area contributed by atoms with E-state index in [1.165, 1.54) is 0 Å². The van der Waals surface area contributed by atoms with Gasteiger partial charge in [0, 0.05) is 10.6 Å². The number of rotatable bonds is 5. The molecule has 1 aliphatic heterocycles. The van der Waals surface area contributed by atoms with Gasteiger partial charge in [-0.25, -0.2) is 4.99 Å². The lowest BCUT2D eigenvalue weighted by atomic mass is 10.2. The minimum Gasteiger partial charge on any atom is -0.489 e. The highest BCUT2D eigenvalue weighted by atomic mass is 35.5. The number of hydrogen-bond acceptors (Lipinski definition) is 4. The zero-order valence-electron chi connectivity index (χ0n) is 11.8. The molecule has 1 saturated heterocycles. The van der Waals surface area contributed by atoms with E-state index in [1.54, 1.807) is 0 Å². The van der Waals surface area contributed by atoms with Gasteiger partial charge in [-0.1, -0.05) is 41.9 Å². The summed E-state index contributed by atoms with van der Waals surface area (Å²) in [5.74, 6) is 1.38. The molecule has 0 aromatic heterocycles. The smallest absolute Gasteiger partial charge is 0.223 e. The van der Waals surface area contributed by atoms with Gasteiger partial charge in [0.15, 0.2) is 0 Å². The third-order valence-electron chi connectivity index (χ3n) is 3.09. The summed E-state index contributed by atoms with van der Waals surface area (Å²) in [5, 5.41) is 0.658. The van der Waals surface area contributed by atoms with Crippen molar-refractivity contribution in [3.63, 3.8) is 0 Å². The molecule has 0 saturated carbocycles. The molecular formula is C15H16ClN5O. The molecule has 0 spiro atoms. The van der Waals surface area contributed by atoms with E-state index in [0.717, 1.165) is 16.9 Å². The van der Waals surface area contributed by atoms with Crippen molar-refractivity contribution in [2.24, 2.45) is 4.99 Å². The van der Waals surface area contributed by atoms with Gasteiger partial charge in [-0.3, -0.25) is 10.9 Å². The number of aliphatic imine (C=N–C) groups is 1. The number of ether oxygens (including phenoxy) is 1. The van der Waals surface area contributed by atoms with Gasteiger partial charge in [0.2, 0.25) is 5.96 Å². The number of guanidine groups is 1. The highest BCUT2D eigenvalue weighted by Gasteiger charge is 2.08. The summed E-state index contributed by atoms with van der Waals surface area (Å²) in [6.07, 6.45) is 0. The monoisotopic (exact) mass is 317 g/mol. The normalized spacial score (nSPS) is 13.4. The van der Waals surface area contributed by atoms with E-state index in [1.807, 2.05) is 48.5 Å². The van der Waals surface area contributed by atoms with Crippen LogP contribution >= 0.6 is 11.6 Å². The van der Waals surface area contributed by atoms with E-state index < -0.39 is 0 Å². The topological polar surface area (TPSA) is 69.7 Å². The minimum absolute atomic E-state index is 0.448. The molecule has 1 aliphatic rings. The van der Waals surface area contributed by atoms with Crippen LogP contribution in [-0.2, 0) is 13.2 Å². The first kappa shape index (κ1) is 14.6. The van der Waals surface area contributed by atoms with Crippen molar-refractivity contribution in [1.82, 2.24) is 21.9 Å². The van der Waals surface area contributed by atoms with Gasteiger partial charge in [-0.2, -0.15) is 11.1 Å². The largest absolute Gasteiger partial charge is 0.489 e. The number of benzene rings is 2. The SMILES string of the molecule is Clc1ccc(OCc2ccccc2)c(CN=C2NNNN2)c1. The predicted molar refractivity (Wildman–Crippen MR) is 85.9 cm³/mol. The van der Waals surface area contributed by atoms with Crippen LogP contribution in [0.5, 0.6) is 5.75 Å². The standard InChI is InChI=1S/C15H16ClN5O/c16-13-6-7-14(22-10-11-4-2-1-3-5-11)12(8-13)9-17-15-18-20-21-19-15/h1-8,20-21H,9-10H2,(H2,17,18,19). The maximum Gasteiger partial charge on any atom is 0.223 e. The second-order valence-electron chi connectivity index (χ2n) is 4.69. The van der Waals surface area contributed by atoms with Gasteiger partial charge < -0.3 is 4.74 Å². The molecule has 0 amide bonds. The van der Waals surface area contributed by atoms with Crippen LogP contribution in [0.3, 0.4) is 0 Å². The Kier molecular flexibility index (Phi) is 4.75. The lowest BCUT2D eigenvalue weighted by molar-refractivity contribution is 0.303. The molecule has 6 nitrogen and oxygen atoms in total. The van der Waals surface area contributed by atoms with E-state index in [0.29, 0.717) is 24.1 Å². The summed E-state index contributed by atoms with van der Waals surface area (Å²) in [4.78, 5) is 4.38. The highest BCUT2D eigenvalue weighted by Crippen LogP contribution is 2.24. The minimum atomic E-state index is 0.448. The van der Waals surface area contributed by atoms with Gasteiger partial charge in [0.1, 0.15) is 12.4 Å². The second-order valence-corrected chi connectivity index (χ2v) is 5.13. The van der Waals surface area contributed by atoms with Crippen LogP contribution in [0.15, 0.2) is 53.5 Å². The summed E-state index contributed by atoms with van der Waals surface area (Å²) in [7, 11) is 0. The predicted octanol–water partition coefficient (Wildman–Crippen LogP) is 1.89. The molecule has 4 N–H and O–H groups in total. The Morgan fingerprint density at radius 2 is 1.77 bits per heavy atom. The van der Waals surface area contributed by atoms with Crippen molar-refractivity contribution in [2.45, 2.75) is 13.2 Å². The van der Waals surface area contributed by atoms with Crippen molar-refractivity contribution in [3.8, 4) is 5.75 Å². The molecule has 0 bridgehead atoms. The molecule has 114 valence electrons. The van der Waals surface area contributed by atoms with Crippen molar-refractivity contribution < 1.29 is 4.74 Å². The summed E-state index contributed by atoms with van der Waals surface area (Å²) in [6.45, 7) is 0.953. The Balaban J connectivity index is 1.71. The molecule has 0 unspecified atom stereocenters. The molecule has 0 atom stereocenters. The molecule has 1 fully saturated rings. The van der Waals surface area contributed by atoms with E-state index in [2.05, 4.69) is 26.9 Å². The third kappa shape index (κ3) is 3.88. The van der Waals surface area contributed by atoms with Gasteiger partial charge >= 0.3 is 0 Å². The fourth-order valence-corrected chi connectivity index (χ4v) is 2.20. The van der Waals surface area contributed by atoms with Crippen molar-refractivity contribution in [2.75, 3.05) is 0 Å². The van der Waals surface area contributed by atoms with Crippen molar-refractivity contribution >= 4 is 17.6 Å². The first-order chi connectivity index (χ1) is 10.8. The molecule has 1 heterocycles. The first-order valence-corrected chi connectivity index (χ1v) is 7.21. The highest BCUT2D eigenvalue weighted by molar-refractivity contribution is 6.30. The lowest BCUT2D eigenvalue weighted by Gasteiger charge is -2.11. The van der Waals surface area contributed by atoms with E-state index in [-0.39, 0.29) is 0 Å². The van der Waals surface area contributed by atoms with Crippen LogP contribution < -0.4 is 26.7 Å². The maximum atomic E-state index is 6.07. The van der Waals surface area contributed by atoms with Crippen LogP contribution in [0, 0.1) is 0 Å². The van der Waals surface area contributed by atoms with E-state index >= 15 is 0 Å². The Bertz CT molecular complexity index is 654. The summed E-state index contributed by atoms with van der Waals surface area (Å²) in [5.41, 5.74) is 13.0. The second kappa shape index (κ2) is 7.13. The quantitative estimate of drug-likeness (QED) is 0.678. The van der Waals surface area contributed by atoms with Crippen LogP contribution in [-0.4, -0.2) is 5.96 Å². The van der Waals surface area contributed by atoms with E-state index in [9.17, 15) is 0 Å². The number of nitrogens with zero attached hydrogens (tertiary/aromatic N) is 1. The fourth-order valence-electron chi connectivity index (χ4n) is 2.00. The molecular weight excluding hydrogens is 302 g/mol. The van der Waals surface area contributed by atoms with Crippen LogP contribution in [0.2, 0.25) is 5.02 Å².